The van der Waals surface area contributed by atoms with Gasteiger partial charge in [0.1, 0.15) is 5.60 Å². The first kappa shape index (κ1) is 23.8. The van der Waals surface area contributed by atoms with Crippen LogP contribution in [0.4, 0.5) is 4.79 Å². The normalized spacial score (nSPS) is 24.5. The Balaban J connectivity index is 1.59. The lowest BCUT2D eigenvalue weighted by atomic mass is 9.91. The van der Waals surface area contributed by atoms with E-state index in [4.69, 9.17) is 9.47 Å². The molecule has 7 heteroatoms. The largest absolute Gasteiger partial charge is 0.444 e. The number of carbonyl (C=O) groups excluding carboxylic acids is 1. The summed E-state index contributed by atoms with van der Waals surface area (Å²) >= 11 is 0. The predicted molar refractivity (Wildman–Crippen MR) is 117 cm³/mol. The van der Waals surface area contributed by atoms with E-state index in [1.54, 1.807) is 7.05 Å². The molecule has 0 saturated heterocycles. The molecule has 0 aliphatic heterocycles. The van der Waals surface area contributed by atoms with Crippen LogP contribution < -0.4 is 16.0 Å². The molecule has 0 atom stereocenters. The number of rotatable bonds is 6. The van der Waals surface area contributed by atoms with E-state index in [2.05, 4.69) is 20.9 Å². The number of amides is 1. The molecule has 2 saturated carbocycles. The standard InChI is InChI=1S/C22H42N4O3/c1-22(2,3)29-21(27)26-18-13-11-17(12-14-18)25-20(23-4)24-15-16-28-19-9-7-5-6-8-10-19/h17-19H,5-16H2,1-4H3,(H,26,27)(H2,23,24,25). The average molecular weight is 411 g/mol. The highest BCUT2D eigenvalue weighted by Crippen LogP contribution is 2.20. The van der Waals surface area contributed by atoms with Crippen LogP contribution in [-0.4, -0.2) is 56.0 Å². The zero-order valence-electron chi connectivity index (χ0n) is 18.9. The average Bonchev–Trinajstić information content (AvgIpc) is 2.93. The summed E-state index contributed by atoms with van der Waals surface area (Å²) in [6.07, 6.45) is 11.7. The van der Waals surface area contributed by atoms with Crippen molar-refractivity contribution in [3.63, 3.8) is 0 Å². The second-order valence-electron chi connectivity index (χ2n) is 9.32. The predicted octanol–water partition coefficient (Wildman–Crippen LogP) is 3.73. The highest BCUT2D eigenvalue weighted by molar-refractivity contribution is 5.79. The number of ether oxygens (including phenoxy) is 2. The minimum absolute atomic E-state index is 0.186. The Morgan fingerprint density at radius 2 is 1.52 bits per heavy atom. The Kier molecular flexibility index (Phi) is 10.0. The first-order valence-electron chi connectivity index (χ1n) is 11.4. The SMILES string of the molecule is CN=C(NCCOC1CCCCCC1)NC1CCC(NC(=O)OC(C)(C)C)CC1. The summed E-state index contributed by atoms with van der Waals surface area (Å²) in [6, 6.07) is 0.562. The van der Waals surface area contributed by atoms with E-state index >= 15 is 0 Å². The van der Waals surface area contributed by atoms with Gasteiger partial charge in [0.05, 0.1) is 12.7 Å². The van der Waals surface area contributed by atoms with Crippen molar-refractivity contribution in [1.29, 1.82) is 0 Å². The Morgan fingerprint density at radius 1 is 0.931 bits per heavy atom. The molecule has 3 N–H and O–H groups in total. The first-order chi connectivity index (χ1) is 13.9. The molecule has 2 rings (SSSR count). The van der Waals surface area contributed by atoms with Gasteiger partial charge in [-0.3, -0.25) is 4.99 Å². The molecule has 29 heavy (non-hydrogen) atoms. The number of carbonyl (C=O) groups is 1. The van der Waals surface area contributed by atoms with Crippen LogP contribution in [0.5, 0.6) is 0 Å². The minimum Gasteiger partial charge on any atom is -0.444 e. The van der Waals surface area contributed by atoms with Gasteiger partial charge in [-0.1, -0.05) is 25.7 Å². The van der Waals surface area contributed by atoms with Crippen LogP contribution in [0.15, 0.2) is 4.99 Å². The Hall–Kier alpha value is -1.50. The van der Waals surface area contributed by atoms with Gasteiger partial charge in [-0.25, -0.2) is 4.79 Å². The van der Waals surface area contributed by atoms with Gasteiger partial charge in [0, 0.05) is 25.7 Å². The lowest BCUT2D eigenvalue weighted by Gasteiger charge is -2.31. The highest BCUT2D eigenvalue weighted by atomic mass is 16.6. The van der Waals surface area contributed by atoms with Gasteiger partial charge in [-0.2, -0.15) is 0 Å². The molecule has 2 aliphatic rings. The van der Waals surface area contributed by atoms with E-state index in [9.17, 15) is 4.79 Å². The molecule has 7 nitrogen and oxygen atoms in total. The topological polar surface area (TPSA) is 84.0 Å². The van der Waals surface area contributed by atoms with E-state index in [0.717, 1.165) is 44.8 Å². The summed E-state index contributed by atoms with van der Waals surface area (Å²) in [5, 5.41) is 9.86. The van der Waals surface area contributed by atoms with Gasteiger partial charge in [0.2, 0.25) is 0 Å². The maximum atomic E-state index is 11.9. The Labute approximate surface area is 176 Å². The van der Waals surface area contributed by atoms with E-state index in [-0.39, 0.29) is 12.1 Å². The van der Waals surface area contributed by atoms with Gasteiger partial charge >= 0.3 is 6.09 Å². The third kappa shape index (κ3) is 10.2. The molecule has 2 aliphatic carbocycles. The molecule has 0 unspecified atom stereocenters. The van der Waals surface area contributed by atoms with Crippen molar-refractivity contribution in [3.8, 4) is 0 Å². The van der Waals surface area contributed by atoms with Crippen LogP contribution in [-0.2, 0) is 9.47 Å². The van der Waals surface area contributed by atoms with Crippen LogP contribution in [0.25, 0.3) is 0 Å². The molecule has 2 fully saturated rings. The summed E-state index contributed by atoms with van der Waals surface area (Å²) in [7, 11) is 1.80. The maximum absolute atomic E-state index is 11.9. The van der Waals surface area contributed by atoms with Gasteiger partial charge in [-0.05, 0) is 59.3 Å². The minimum atomic E-state index is -0.457. The van der Waals surface area contributed by atoms with Gasteiger partial charge in [-0.15, -0.1) is 0 Å². The number of nitrogens with zero attached hydrogens (tertiary/aromatic N) is 1. The summed E-state index contributed by atoms with van der Waals surface area (Å²) in [5.74, 6) is 0.831. The smallest absolute Gasteiger partial charge is 0.407 e. The van der Waals surface area contributed by atoms with E-state index in [1.165, 1.54) is 38.5 Å². The van der Waals surface area contributed by atoms with Crippen LogP contribution in [0, 0.1) is 0 Å². The number of guanidine groups is 1. The second-order valence-corrected chi connectivity index (χ2v) is 9.32. The monoisotopic (exact) mass is 410 g/mol. The fraction of sp³-hybridized carbons (Fsp3) is 0.909. The van der Waals surface area contributed by atoms with Crippen molar-refractivity contribution < 1.29 is 14.3 Å². The Bertz CT molecular complexity index is 503. The lowest BCUT2D eigenvalue weighted by Crippen LogP contribution is -2.48. The molecule has 0 heterocycles. The fourth-order valence-corrected chi connectivity index (χ4v) is 4.05. The maximum Gasteiger partial charge on any atom is 0.407 e. The van der Waals surface area contributed by atoms with Gasteiger partial charge < -0.3 is 25.4 Å². The number of aliphatic imine (C=N–C) groups is 1. The van der Waals surface area contributed by atoms with E-state index in [1.807, 2.05) is 20.8 Å². The van der Waals surface area contributed by atoms with Crippen LogP contribution >= 0.6 is 0 Å². The molecule has 168 valence electrons. The van der Waals surface area contributed by atoms with Crippen molar-refractivity contribution in [2.75, 3.05) is 20.2 Å². The molecule has 0 aromatic carbocycles. The third-order valence-electron chi connectivity index (χ3n) is 5.56. The van der Waals surface area contributed by atoms with E-state index < -0.39 is 5.60 Å². The fourth-order valence-electron chi connectivity index (χ4n) is 4.05. The van der Waals surface area contributed by atoms with Crippen molar-refractivity contribution in [2.45, 2.75) is 109 Å². The van der Waals surface area contributed by atoms with E-state index in [0.29, 0.717) is 12.1 Å². The number of hydrogen-bond donors (Lipinski definition) is 3. The molecular weight excluding hydrogens is 368 g/mol. The quantitative estimate of drug-likeness (QED) is 0.269. The highest BCUT2D eigenvalue weighted by Gasteiger charge is 2.25. The van der Waals surface area contributed by atoms with Crippen molar-refractivity contribution >= 4 is 12.1 Å². The number of hydrogen-bond acceptors (Lipinski definition) is 4. The second kappa shape index (κ2) is 12.3. The third-order valence-corrected chi connectivity index (χ3v) is 5.56. The summed E-state index contributed by atoms with van der Waals surface area (Å²) < 4.78 is 11.4. The van der Waals surface area contributed by atoms with Crippen LogP contribution in [0.2, 0.25) is 0 Å². The molecule has 0 bridgehead atoms. The van der Waals surface area contributed by atoms with Crippen LogP contribution in [0.1, 0.15) is 85.0 Å². The van der Waals surface area contributed by atoms with Gasteiger partial charge in [0.15, 0.2) is 5.96 Å². The summed E-state index contributed by atoms with van der Waals surface area (Å²) in [5.41, 5.74) is -0.457. The molecular formula is C22H42N4O3. The van der Waals surface area contributed by atoms with Gasteiger partial charge in [0.25, 0.3) is 0 Å². The summed E-state index contributed by atoms with van der Waals surface area (Å²) in [4.78, 5) is 16.3. The molecule has 0 aromatic rings. The van der Waals surface area contributed by atoms with Crippen molar-refractivity contribution in [2.24, 2.45) is 4.99 Å². The lowest BCUT2D eigenvalue weighted by molar-refractivity contribution is 0.0467. The first-order valence-corrected chi connectivity index (χ1v) is 11.4. The molecule has 0 radical (unpaired) electrons. The van der Waals surface area contributed by atoms with Crippen molar-refractivity contribution in [1.82, 2.24) is 16.0 Å². The number of nitrogens with one attached hydrogen (secondary N) is 3. The zero-order chi connectivity index (χ0) is 21.1. The number of alkyl carbamates (subject to hydrolysis) is 1. The molecule has 1 amide bonds. The van der Waals surface area contributed by atoms with Crippen molar-refractivity contribution in [3.05, 3.63) is 0 Å². The summed E-state index contributed by atoms with van der Waals surface area (Å²) in [6.45, 7) is 7.14. The molecule has 0 aromatic heterocycles. The molecule has 0 spiro atoms. The van der Waals surface area contributed by atoms with Crippen LogP contribution in [0.3, 0.4) is 0 Å². The Morgan fingerprint density at radius 3 is 2.07 bits per heavy atom. The zero-order valence-corrected chi connectivity index (χ0v) is 18.9.